The molecule has 4 aliphatic carbocycles. The van der Waals surface area contributed by atoms with Crippen LogP contribution in [0.1, 0.15) is 122 Å². The van der Waals surface area contributed by atoms with E-state index >= 15 is 0 Å². The Morgan fingerprint density at radius 2 is 1.61 bits per heavy atom. The van der Waals surface area contributed by atoms with Crippen molar-refractivity contribution in [2.75, 3.05) is 0 Å². The molecule has 0 aliphatic heterocycles. The molecule has 2 nitrogen and oxygen atoms in total. The summed E-state index contributed by atoms with van der Waals surface area (Å²) < 4.78 is 6.04. The number of rotatable bonds is 7. The van der Waals surface area contributed by atoms with Gasteiger partial charge in [-0.15, -0.1) is 0 Å². The maximum absolute atomic E-state index is 12.7. The van der Waals surface area contributed by atoms with E-state index in [0.29, 0.717) is 16.4 Å². The van der Waals surface area contributed by atoms with Crippen molar-refractivity contribution in [3.05, 3.63) is 35.9 Å². The first kappa shape index (κ1) is 26.3. The molecule has 36 heavy (non-hydrogen) atoms. The molecule has 0 heterocycles. The summed E-state index contributed by atoms with van der Waals surface area (Å²) in [6.07, 6.45) is 16.3. The molecule has 1 aromatic carbocycles. The summed E-state index contributed by atoms with van der Waals surface area (Å²) in [4.78, 5) is 12.7. The summed E-state index contributed by atoms with van der Waals surface area (Å²) in [5, 5.41) is 0. The van der Waals surface area contributed by atoms with Crippen molar-refractivity contribution >= 4 is 5.97 Å². The Balaban J connectivity index is 1.22. The van der Waals surface area contributed by atoms with E-state index in [1.54, 1.807) is 0 Å². The van der Waals surface area contributed by atoms with Crippen LogP contribution in [0.4, 0.5) is 0 Å². The summed E-state index contributed by atoms with van der Waals surface area (Å²) in [6.45, 7) is 12.7. The molecular weight excluding hydrogens is 440 g/mol. The first-order valence-corrected chi connectivity index (χ1v) is 15.5. The van der Waals surface area contributed by atoms with Gasteiger partial charge in [-0.3, -0.25) is 0 Å². The minimum Gasteiger partial charge on any atom is -0.459 e. The Morgan fingerprint density at radius 3 is 2.36 bits per heavy atom. The fraction of sp³-hybridized carbons (Fsp3) is 0.794. The van der Waals surface area contributed by atoms with Crippen molar-refractivity contribution in [2.24, 2.45) is 52.3 Å². The van der Waals surface area contributed by atoms with Gasteiger partial charge >= 0.3 is 5.97 Å². The summed E-state index contributed by atoms with van der Waals surface area (Å²) >= 11 is 0. The molecule has 0 spiro atoms. The van der Waals surface area contributed by atoms with E-state index in [9.17, 15) is 4.79 Å². The third kappa shape index (κ3) is 4.80. The second-order valence-electron chi connectivity index (χ2n) is 14.4. The van der Waals surface area contributed by atoms with Gasteiger partial charge in [0.2, 0.25) is 0 Å². The molecule has 200 valence electrons. The van der Waals surface area contributed by atoms with Gasteiger partial charge in [-0.1, -0.05) is 72.1 Å². The Labute approximate surface area is 221 Å². The van der Waals surface area contributed by atoms with Crippen molar-refractivity contribution in [3.63, 3.8) is 0 Å². The number of benzene rings is 1. The summed E-state index contributed by atoms with van der Waals surface area (Å²) in [5.74, 6) is 6.01. The van der Waals surface area contributed by atoms with E-state index < -0.39 is 0 Å². The van der Waals surface area contributed by atoms with Gasteiger partial charge in [0.1, 0.15) is 6.10 Å². The smallest absolute Gasteiger partial charge is 0.338 e. The lowest BCUT2D eigenvalue weighted by Crippen LogP contribution is -2.54. The molecule has 1 aromatic rings. The van der Waals surface area contributed by atoms with E-state index in [4.69, 9.17) is 4.74 Å². The standard InChI is InChI=1S/C34H52O2/c1-23(2)10-9-11-24(3)29-16-17-30-28-15-14-26-22-27(36-32(35)25-12-7-6-8-13-25)18-20-33(26,4)31(28)19-21-34(29,30)5/h6-8,12-13,23-24,26-31H,9-11,14-22H2,1-5H3/t24-,26?,27?,28+,29-,30+,31+,33+,34-/m1/s1. The van der Waals surface area contributed by atoms with Crippen molar-refractivity contribution in [3.8, 4) is 0 Å². The molecule has 9 atom stereocenters. The van der Waals surface area contributed by atoms with Crippen molar-refractivity contribution < 1.29 is 9.53 Å². The number of carbonyl (C=O) groups excluding carboxylic acids is 1. The van der Waals surface area contributed by atoms with E-state index in [2.05, 4.69) is 34.6 Å². The maximum atomic E-state index is 12.7. The lowest BCUT2D eigenvalue weighted by Gasteiger charge is -2.61. The molecule has 0 amide bonds. The molecule has 4 aliphatic rings. The van der Waals surface area contributed by atoms with Crippen LogP contribution in [0, 0.1) is 52.3 Å². The van der Waals surface area contributed by atoms with Gasteiger partial charge in [-0.2, -0.15) is 0 Å². The lowest BCUT2D eigenvalue weighted by atomic mass is 9.44. The topological polar surface area (TPSA) is 26.3 Å². The zero-order valence-electron chi connectivity index (χ0n) is 23.8. The van der Waals surface area contributed by atoms with E-state index in [0.717, 1.165) is 54.3 Å². The third-order valence-electron chi connectivity index (χ3n) is 12.1. The second-order valence-corrected chi connectivity index (χ2v) is 14.4. The summed E-state index contributed by atoms with van der Waals surface area (Å²) in [5.41, 5.74) is 1.71. The van der Waals surface area contributed by atoms with Crippen LogP contribution in [0.2, 0.25) is 0 Å². The van der Waals surface area contributed by atoms with E-state index in [1.807, 2.05) is 30.3 Å². The normalized spacial score (nSPS) is 40.7. The number of ether oxygens (including phenoxy) is 1. The van der Waals surface area contributed by atoms with Crippen LogP contribution in [0.5, 0.6) is 0 Å². The lowest BCUT2D eigenvalue weighted by molar-refractivity contribution is -0.130. The SMILES string of the molecule is CC(C)CCC[C@@H](C)[C@H]1CC[C@H]2[C@@H]3CCC4CC(OC(=O)c5ccccc5)CC[C@]4(C)[C@H]3CC[C@]12C. The minimum absolute atomic E-state index is 0.101. The first-order valence-electron chi connectivity index (χ1n) is 15.5. The molecule has 2 heteroatoms. The number of fused-ring (bicyclic) bond motifs is 5. The molecular formula is C34H52O2. The number of esters is 1. The molecule has 0 aromatic heterocycles. The van der Waals surface area contributed by atoms with E-state index in [-0.39, 0.29) is 12.1 Å². The van der Waals surface area contributed by atoms with Crippen LogP contribution in [-0.4, -0.2) is 12.1 Å². The van der Waals surface area contributed by atoms with Crippen LogP contribution in [0.3, 0.4) is 0 Å². The van der Waals surface area contributed by atoms with Gasteiger partial charge < -0.3 is 4.74 Å². The zero-order chi connectivity index (χ0) is 25.5. The largest absolute Gasteiger partial charge is 0.459 e. The monoisotopic (exact) mass is 492 g/mol. The number of hydrogen-bond acceptors (Lipinski definition) is 2. The molecule has 5 rings (SSSR count). The van der Waals surface area contributed by atoms with Crippen LogP contribution in [-0.2, 0) is 4.74 Å². The third-order valence-corrected chi connectivity index (χ3v) is 12.1. The van der Waals surface area contributed by atoms with Gasteiger partial charge in [0.25, 0.3) is 0 Å². The van der Waals surface area contributed by atoms with E-state index in [1.165, 1.54) is 64.2 Å². The predicted molar refractivity (Wildman–Crippen MR) is 149 cm³/mol. The molecule has 0 N–H and O–H groups in total. The Morgan fingerprint density at radius 1 is 0.889 bits per heavy atom. The molecule has 2 unspecified atom stereocenters. The second kappa shape index (κ2) is 10.5. The van der Waals surface area contributed by atoms with Crippen molar-refractivity contribution in [2.45, 2.75) is 118 Å². The van der Waals surface area contributed by atoms with Crippen LogP contribution in [0.25, 0.3) is 0 Å². The van der Waals surface area contributed by atoms with Crippen LogP contribution >= 0.6 is 0 Å². The van der Waals surface area contributed by atoms with Crippen LogP contribution in [0.15, 0.2) is 30.3 Å². The highest BCUT2D eigenvalue weighted by molar-refractivity contribution is 5.89. The quantitative estimate of drug-likeness (QED) is 0.354. The highest BCUT2D eigenvalue weighted by atomic mass is 16.5. The number of hydrogen-bond donors (Lipinski definition) is 0. The molecule has 0 saturated heterocycles. The molecule has 0 radical (unpaired) electrons. The fourth-order valence-electron chi connectivity index (χ4n) is 10.1. The highest BCUT2D eigenvalue weighted by Gasteiger charge is 2.60. The molecule has 4 fully saturated rings. The molecule has 0 bridgehead atoms. The van der Waals surface area contributed by atoms with Gasteiger partial charge in [-0.25, -0.2) is 4.79 Å². The fourth-order valence-corrected chi connectivity index (χ4v) is 10.1. The minimum atomic E-state index is -0.133. The van der Waals surface area contributed by atoms with Crippen molar-refractivity contribution in [1.82, 2.24) is 0 Å². The van der Waals surface area contributed by atoms with Gasteiger partial charge in [0.15, 0.2) is 0 Å². The first-order chi connectivity index (χ1) is 17.2. The van der Waals surface area contributed by atoms with Crippen LogP contribution < -0.4 is 0 Å². The van der Waals surface area contributed by atoms with Gasteiger partial charge in [0, 0.05) is 0 Å². The zero-order valence-corrected chi connectivity index (χ0v) is 23.8. The molecule has 4 saturated carbocycles. The average Bonchev–Trinajstić information content (AvgIpc) is 3.22. The summed E-state index contributed by atoms with van der Waals surface area (Å²) in [6, 6.07) is 9.55. The number of carbonyl (C=O) groups is 1. The Bertz CT molecular complexity index is 892. The van der Waals surface area contributed by atoms with Gasteiger partial charge in [0.05, 0.1) is 5.56 Å². The van der Waals surface area contributed by atoms with Crippen molar-refractivity contribution in [1.29, 1.82) is 0 Å². The van der Waals surface area contributed by atoms with Gasteiger partial charge in [-0.05, 0) is 122 Å². The Kier molecular flexibility index (Phi) is 7.64. The summed E-state index contributed by atoms with van der Waals surface area (Å²) in [7, 11) is 0. The Hall–Kier alpha value is -1.31. The maximum Gasteiger partial charge on any atom is 0.338 e. The highest BCUT2D eigenvalue weighted by Crippen LogP contribution is 2.68. The average molecular weight is 493 g/mol. The predicted octanol–water partition coefficient (Wildman–Crippen LogP) is 9.33.